The molecule has 1 atom stereocenters. The van der Waals surface area contributed by atoms with Gasteiger partial charge in [-0.3, -0.25) is 14.9 Å². The van der Waals surface area contributed by atoms with Gasteiger partial charge in [-0.05, 0) is 26.0 Å². The molecule has 1 aromatic carbocycles. The lowest BCUT2D eigenvalue weighted by molar-refractivity contribution is -0.387. The Balaban J connectivity index is 2.39. The number of carbonyl (C=O) groups is 1. The topological polar surface area (TPSA) is 75.5 Å². The van der Waals surface area contributed by atoms with Crippen LogP contribution in [0.5, 0.6) is 0 Å². The van der Waals surface area contributed by atoms with Crippen LogP contribution in [0.2, 0.25) is 0 Å². The number of nitrogens with one attached hydrogen (secondary N) is 1. The van der Waals surface area contributed by atoms with Gasteiger partial charge in [0.15, 0.2) is 0 Å². The summed E-state index contributed by atoms with van der Waals surface area (Å²) in [6.07, 6.45) is 0.707. The molecule has 2 rings (SSSR count). The molecule has 114 valence electrons. The van der Waals surface area contributed by atoms with E-state index in [0.29, 0.717) is 31.6 Å². The molecule has 1 saturated heterocycles. The van der Waals surface area contributed by atoms with Crippen molar-refractivity contribution in [3.8, 4) is 0 Å². The summed E-state index contributed by atoms with van der Waals surface area (Å²) < 4.78 is 27.5. The molecule has 1 heterocycles. The number of nitrogens with zero attached hydrogens (tertiary/aromatic N) is 2. The highest BCUT2D eigenvalue weighted by Crippen LogP contribution is 2.24. The molecule has 0 bridgehead atoms. The summed E-state index contributed by atoms with van der Waals surface area (Å²) in [5, 5.41) is 13.8. The summed E-state index contributed by atoms with van der Waals surface area (Å²) in [7, 11) is 0. The third kappa shape index (κ3) is 2.99. The van der Waals surface area contributed by atoms with Crippen molar-refractivity contribution >= 4 is 11.6 Å². The monoisotopic (exact) mass is 299 g/mol. The van der Waals surface area contributed by atoms with Gasteiger partial charge >= 0.3 is 5.69 Å². The molecule has 6 nitrogen and oxygen atoms in total. The number of benzene rings is 1. The summed E-state index contributed by atoms with van der Waals surface area (Å²) >= 11 is 0. The summed E-state index contributed by atoms with van der Waals surface area (Å²) in [6, 6.07) is 1.05. The summed E-state index contributed by atoms with van der Waals surface area (Å²) in [6.45, 7) is 3.34. The molecule has 0 aliphatic carbocycles. The predicted molar refractivity (Wildman–Crippen MR) is 71.0 cm³/mol. The van der Waals surface area contributed by atoms with Gasteiger partial charge in [0.1, 0.15) is 5.82 Å². The molecule has 1 aliphatic heterocycles. The lowest BCUT2D eigenvalue weighted by Crippen LogP contribution is -2.41. The van der Waals surface area contributed by atoms with Gasteiger partial charge in [0.05, 0.1) is 16.6 Å². The number of nitro benzene ring substituents is 1. The third-order valence-electron chi connectivity index (χ3n) is 3.52. The Labute approximate surface area is 119 Å². The third-order valence-corrected chi connectivity index (χ3v) is 3.52. The second-order valence-electron chi connectivity index (χ2n) is 4.78. The fourth-order valence-corrected chi connectivity index (χ4v) is 2.49. The van der Waals surface area contributed by atoms with Gasteiger partial charge in [0.25, 0.3) is 5.91 Å². The minimum Gasteiger partial charge on any atom is -0.335 e. The molecule has 8 heteroatoms. The van der Waals surface area contributed by atoms with Crippen LogP contribution in [0.4, 0.5) is 14.5 Å². The smallest absolute Gasteiger partial charge is 0.308 e. The number of likely N-dealkylation sites (N-methyl/N-ethyl adjacent to an activating group) is 1. The number of halogens is 2. The molecular formula is C13H15F2N3O3. The number of rotatable bonds is 4. The average molecular weight is 299 g/mol. The Morgan fingerprint density at radius 2 is 2.24 bits per heavy atom. The van der Waals surface area contributed by atoms with Crippen LogP contribution >= 0.6 is 0 Å². The van der Waals surface area contributed by atoms with Crippen LogP contribution in [0.25, 0.3) is 0 Å². The highest BCUT2D eigenvalue weighted by molar-refractivity contribution is 5.95. The van der Waals surface area contributed by atoms with E-state index in [4.69, 9.17) is 0 Å². The van der Waals surface area contributed by atoms with Crippen LogP contribution in [0, 0.1) is 21.7 Å². The zero-order valence-corrected chi connectivity index (χ0v) is 11.4. The van der Waals surface area contributed by atoms with Crippen LogP contribution in [0.3, 0.4) is 0 Å². The normalized spacial score (nSPS) is 17.8. The fourth-order valence-electron chi connectivity index (χ4n) is 2.49. The van der Waals surface area contributed by atoms with Gasteiger partial charge in [-0.2, -0.15) is 4.39 Å². The second-order valence-corrected chi connectivity index (χ2v) is 4.78. The zero-order chi connectivity index (χ0) is 15.6. The van der Waals surface area contributed by atoms with E-state index >= 15 is 0 Å². The molecular weight excluding hydrogens is 284 g/mol. The van der Waals surface area contributed by atoms with E-state index in [-0.39, 0.29) is 6.04 Å². The van der Waals surface area contributed by atoms with Gasteiger partial charge in [-0.1, -0.05) is 0 Å². The number of amides is 1. The molecule has 1 aliphatic rings. The van der Waals surface area contributed by atoms with Crippen molar-refractivity contribution in [3.05, 3.63) is 39.4 Å². The van der Waals surface area contributed by atoms with Crippen molar-refractivity contribution < 1.29 is 18.5 Å². The van der Waals surface area contributed by atoms with E-state index in [1.54, 1.807) is 6.92 Å². The molecule has 1 N–H and O–H groups in total. The lowest BCUT2D eigenvalue weighted by atomic mass is 10.1. The minimum atomic E-state index is -1.30. The zero-order valence-electron chi connectivity index (χ0n) is 11.4. The summed E-state index contributed by atoms with van der Waals surface area (Å²) in [4.78, 5) is 23.5. The Kier molecular flexibility index (Phi) is 4.46. The van der Waals surface area contributed by atoms with Crippen molar-refractivity contribution in [2.24, 2.45) is 0 Å². The van der Waals surface area contributed by atoms with Gasteiger partial charge in [-0.25, -0.2) is 4.39 Å². The molecule has 1 amide bonds. The SMILES string of the molecule is CCN(C(=O)c1cc(F)cc([N+](=O)[O-])c1F)C1CCNC1. The van der Waals surface area contributed by atoms with Crippen LogP contribution < -0.4 is 5.32 Å². The molecule has 0 spiro atoms. The molecule has 21 heavy (non-hydrogen) atoms. The predicted octanol–water partition coefficient (Wildman–Crippen LogP) is 1.70. The van der Waals surface area contributed by atoms with Gasteiger partial charge in [0.2, 0.25) is 5.82 Å². The first-order valence-corrected chi connectivity index (χ1v) is 6.60. The molecule has 1 unspecified atom stereocenters. The maximum absolute atomic E-state index is 14.1. The lowest BCUT2D eigenvalue weighted by Gasteiger charge is -2.27. The fraction of sp³-hybridized carbons (Fsp3) is 0.462. The average Bonchev–Trinajstić information content (AvgIpc) is 2.95. The largest absolute Gasteiger partial charge is 0.335 e. The molecule has 0 aromatic heterocycles. The second kappa shape index (κ2) is 6.13. The van der Waals surface area contributed by atoms with Crippen LogP contribution in [-0.4, -0.2) is 41.4 Å². The van der Waals surface area contributed by atoms with Crippen LogP contribution in [0.1, 0.15) is 23.7 Å². The van der Waals surface area contributed by atoms with E-state index in [0.717, 1.165) is 6.54 Å². The number of hydrogen-bond acceptors (Lipinski definition) is 4. The van der Waals surface area contributed by atoms with Gasteiger partial charge in [0, 0.05) is 19.1 Å². The Morgan fingerprint density at radius 3 is 2.76 bits per heavy atom. The highest BCUT2D eigenvalue weighted by Gasteiger charge is 2.31. The van der Waals surface area contributed by atoms with Crippen molar-refractivity contribution in [2.75, 3.05) is 19.6 Å². The minimum absolute atomic E-state index is 0.121. The first kappa shape index (κ1) is 15.3. The van der Waals surface area contributed by atoms with Crippen LogP contribution in [0.15, 0.2) is 12.1 Å². The summed E-state index contributed by atoms with van der Waals surface area (Å²) in [5.74, 6) is -3.03. The number of carbonyl (C=O) groups excluding carboxylic acids is 1. The maximum atomic E-state index is 14.1. The van der Waals surface area contributed by atoms with Crippen molar-refractivity contribution in [2.45, 2.75) is 19.4 Å². The van der Waals surface area contributed by atoms with E-state index in [1.807, 2.05) is 0 Å². The van der Waals surface area contributed by atoms with E-state index in [2.05, 4.69) is 5.32 Å². The van der Waals surface area contributed by atoms with Crippen molar-refractivity contribution in [1.82, 2.24) is 10.2 Å². The number of hydrogen-bond donors (Lipinski definition) is 1. The Hall–Kier alpha value is -2.09. The molecule has 1 aromatic rings. The van der Waals surface area contributed by atoms with Gasteiger partial charge in [-0.15, -0.1) is 0 Å². The molecule has 1 fully saturated rings. The van der Waals surface area contributed by atoms with Crippen LogP contribution in [-0.2, 0) is 0 Å². The maximum Gasteiger partial charge on any atom is 0.308 e. The highest BCUT2D eigenvalue weighted by atomic mass is 19.1. The quantitative estimate of drug-likeness (QED) is 0.678. The van der Waals surface area contributed by atoms with E-state index in [1.165, 1.54) is 4.90 Å². The van der Waals surface area contributed by atoms with Gasteiger partial charge < -0.3 is 10.2 Å². The first-order chi connectivity index (χ1) is 9.95. The molecule has 0 radical (unpaired) electrons. The van der Waals surface area contributed by atoms with Crippen molar-refractivity contribution in [1.29, 1.82) is 0 Å². The Bertz CT molecular complexity index is 574. The number of nitro groups is 1. The van der Waals surface area contributed by atoms with E-state index < -0.39 is 33.7 Å². The molecule has 0 saturated carbocycles. The Morgan fingerprint density at radius 1 is 1.52 bits per heavy atom. The van der Waals surface area contributed by atoms with E-state index in [9.17, 15) is 23.7 Å². The first-order valence-electron chi connectivity index (χ1n) is 6.60. The van der Waals surface area contributed by atoms with Crippen molar-refractivity contribution in [3.63, 3.8) is 0 Å². The standard InChI is InChI=1S/C13H15F2N3O3/c1-2-17(9-3-4-16-7-9)13(19)10-5-8(14)6-11(12(10)15)18(20)21/h5-6,9,16H,2-4,7H2,1H3. The summed E-state index contributed by atoms with van der Waals surface area (Å²) in [5.41, 5.74) is -1.63.